The van der Waals surface area contributed by atoms with Crippen LogP contribution >= 0.6 is 0 Å². The molecule has 1 N–H and O–H groups in total. The Balaban J connectivity index is 1.95. The van der Waals surface area contributed by atoms with Crippen molar-refractivity contribution < 1.29 is 9.74 Å². The fourth-order valence-electron chi connectivity index (χ4n) is 1.56. The van der Waals surface area contributed by atoms with E-state index in [9.17, 15) is 5.11 Å². The highest BCUT2D eigenvalue weighted by Crippen LogP contribution is 2.13. The molecule has 0 spiro atoms. The van der Waals surface area contributed by atoms with E-state index >= 15 is 0 Å². The van der Waals surface area contributed by atoms with Gasteiger partial charge in [-0.3, -0.25) is 4.90 Å². The van der Waals surface area contributed by atoms with E-state index in [0.29, 0.717) is 0 Å². The van der Waals surface area contributed by atoms with Crippen LogP contribution in [0.5, 0.6) is 0 Å². The van der Waals surface area contributed by atoms with Gasteiger partial charge in [-0.2, -0.15) is 0 Å². The summed E-state index contributed by atoms with van der Waals surface area (Å²) in [6, 6.07) is 0. The third kappa shape index (κ3) is 1.87. The summed E-state index contributed by atoms with van der Waals surface area (Å²) >= 11 is 0. The molecule has 1 aromatic rings. The molecule has 1 unspecified atom stereocenters. The molecule has 1 saturated heterocycles. The quantitative estimate of drug-likeness (QED) is 0.696. The van der Waals surface area contributed by atoms with Crippen LogP contribution < -0.4 is 0 Å². The van der Waals surface area contributed by atoms with Crippen LogP contribution in [-0.4, -0.2) is 39.5 Å². The molecule has 0 aliphatic carbocycles. The lowest BCUT2D eigenvalue weighted by Crippen LogP contribution is -2.22. The van der Waals surface area contributed by atoms with Gasteiger partial charge in [-0.05, 0) is 13.3 Å². The molecule has 13 heavy (non-hydrogen) atoms. The first kappa shape index (κ1) is 8.65. The van der Waals surface area contributed by atoms with Crippen LogP contribution in [0.25, 0.3) is 0 Å². The summed E-state index contributed by atoms with van der Waals surface area (Å²) < 4.78 is 4.59. The second-order valence-corrected chi connectivity index (χ2v) is 3.47. The van der Waals surface area contributed by atoms with Gasteiger partial charge in [-0.1, -0.05) is 10.3 Å². The first-order chi connectivity index (χ1) is 6.25. The van der Waals surface area contributed by atoms with Crippen molar-refractivity contribution in [3.63, 3.8) is 0 Å². The summed E-state index contributed by atoms with van der Waals surface area (Å²) in [7, 11) is 0. The predicted octanol–water partition coefficient (Wildman–Crippen LogP) is -0.0554. The summed E-state index contributed by atoms with van der Waals surface area (Å²) in [5.41, 5.74) is 1.70. The normalized spacial score (nSPS) is 24.0. The Kier molecular flexibility index (Phi) is 2.28. The van der Waals surface area contributed by atoms with E-state index in [2.05, 4.69) is 19.8 Å². The number of aliphatic hydroxyl groups is 1. The fraction of sp³-hybridized carbons (Fsp3) is 0.750. The Morgan fingerprint density at radius 3 is 3.00 bits per heavy atom. The van der Waals surface area contributed by atoms with Gasteiger partial charge in [0, 0.05) is 19.6 Å². The van der Waals surface area contributed by atoms with Crippen molar-refractivity contribution >= 4 is 0 Å². The number of aryl methyl sites for hydroxylation is 1. The molecule has 1 atom stereocenters. The van der Waals surface area contributed by atoms with Crippen LogP contribution in [0.2, 0.25) is 0 Å². The van der Waals surface area contributed by atoms with E-state index in [0.717, 1.165) is 37.4 Å². The number of rotatable bonds is 2. The highest BCUT2D eigenvalue weighted by molar-refractivity contribution is 5.04. The minimum Gasteiger partial charge on any atom is -0.392 e. The van der Waals surface area contributed by atoms with E-state index in [1.54, 1.807) is 0 Å². The van der Waals surface area contributed by atoms with Crippen LogP contribution in [0.15, 0.2) is 4.63 Å². The van der Waals surface area contributed by atoms with E-state index in [4.69, 9.17) is 0 Å². The molecule has 0 aromatic carbocycles. The molecule has 0 amide bonds. The highest BCUT2D eigenvalue weighted by atomic mass is 16.6. The van der Waals surface area contributed by atoms with Crippen molar-refractivity contribution in [2.75, 3.05) is 13.1 Å². The van der Waals surface area contributed by atoms with Crippen LogP contribution in [0.4, 0.5) is 0 Å². The van der Waals surface area contributed by atoms with Gasteiger partial charge in [0.25, 0.3) is 0 Å². The van der Waals surface area contributed by atoms with Gasteiger partial charge in [0.1, 0.15) is 11.4 Å². The number of hydrogen-bond acceptors (Lipinski definition) is 5. The van der Waals surface area contributed by atoms with Gasteiger partial charge >= 0.3 is 0 Å². The average Bonchev–Trinajstić information content (AvgIpc) is 2.64. The van der Waals surface area contributed by atoms with E-state index in [-0.39, 0.29) is 6.10 Å². The number of likely N-dealkylation sites (tertiary alicyclic amines) is 1. The zero-order valence-corrected chi connectivity index (χ0v) is 7.60. The van der Waals surface area contributed by atoms with Crippen molar-refractivity contribution in [2.24, 2.45) is 0 Å². The summed E-state index contributed by atoms with van der Waals surface area (Å²) in [5, 5.41) is 16.8. The lowest BCUT2D eigenvalue weighted by molar-refractivity contribution is 0.173. The molecule has 5 nitrogen and oxygen atoms in total. The summed E-state index contributed by atoms with van der Waals surface area (Å²) in [6.45, 7) is 4.25. The second-order valence-electron chi connectivity index (χ2n) is 3.47. The van der Waals surface area contributed by atoms with E-state index in [1.807, 2.05) is 6.92 Å². The maximum Gasteiger partial charge on any atom is 0.122 e. The lowest BCUT2D eigenvalue weighted by Gasteiger charge is -2.11. The molecule has 1 aromatic heterocycles. The Labute approximate surface area is 76.3 Å². The molecule has 0 radical (unpaired) electrons. The van der Waals surface area contributed by atoms with Crippen molar-refractivity contribution in [3.8, 4) is 0 Å². The molecule has 1 aliphatic heterocycles. The average molecular weight is 183 g/mol. The molecular formula is C8H13N3O2. The standard InChI is InChI=1S/C8H13N3O2/c1-6-8(10-13-9-6)5-11-3-2-7(12)4-11/h7,12H,2-5H2,1H3. The van der Waals surface area contributed by atoms with Gasteiger partial charge in [0.15, 0.2) is 0 Å². The fourth-order valence-corrected chi connectivity index (χ4v) is 1.56. The second kappa shape index (κ2) is 3.43. The minimum absolute atomic E-state index is 0.180. The summed E-state index contributed by atoms with van der Waals surface area (Å²) in [5.74, 6) is 0. The molecule has 0 saturated carbocycles. The Morgan fingerprint density at radius 2 is 2.46 bits per heavy atom. The van der Waals surface area contributed by atoms with Crippen LogP contribution in [0.1, 0.15) is 17.8 Å². The Morgan fingerprint density at radius 1 is 1.62 bits per heavy atom. The molecule has 1 fully saturated rings. The Bertz CT molecular complexity index is 287. The topological polar surface area (TPSA) is 62.4 Å². The molecule has 72 valence electrons. The number of β-amino-alcohol motifs (C(OH)–C–C–N with tert-alkyl or cyclic N) is 1. The molecule has 1 aliphatic rings. The first-order valence-electron chi connectivity index (χ1n) is 4.44. The van der Waals surface area contributed by atoms with Crippen LogP contribution in [0, 0.1) is 6.92 Å². The van der Waals surface area contributed by atoms with Gasteiger partial charge < -0.3 is 5.11 Å². The lowest BCUT2D eigenvalue weighted by atomic mass is 10.3. The van der Waals surface area contributed by atoms with Gasteiger partial charge in [-0.15, -0.1) is 0 Å². The number of aliphatic hydroxyl groups excluding tert-OH is 1. The third-order valence-electron chi connectivity index (χ3n) is 2.37. The van der Waals surface area contributed by atoms with Gasteiger partial charge in [0.05, 0.1) is 6.10 Å². The summed E-state index contributed by atoms with van der Waals surface area (Å²) in [4.78, 5) is 2.15. The maximum atomic E-state index is 9.30. The number of nitrogens with zero attached hydrogens (tertiary/aromatic N) is 3. The predicted molar refractivity (Wildman–Crippen MR) is 44.9 cm³/mol. The molecule has 0 bridgehead atoms. The van der Waals surface area contributed by atoms with Gasteiger partial charge in [-0.25, -0.2) is 4.63 Å². The molecule has 5 heteroatoms. The Hall–Kier alpha value is -0.940. The third-order valence-corrected chi connectivity index (χ3v) is 2.37. The molecule has 2 rings (SSSR count). The number of aromatic nitrogens is 2. The van der Waals surface area contributed by atoms with E-state index in [1.165, 1.54) is 0 Å². The highest BCUT2D eigenvalue weighted by Gasteiger charge is 2.21. The van der Waals surface area contributed by atoms with Crippen molar-refractivity contribution in [1.82, 2.24) is 15.2 Å². The minimum atomic E-state index is -0.180. The van der Waals surface area contributed by atoms with Crippen LogP contribution in [-0.2, 0) is 6.54 Å². The van der Waals surface area contributed by atoms with Gasteiger partial charge in [0.2, 0.25) is 0 Å². The zero-order chi connectivity index (χ0) is 9.26. The zero-order valence-electron chi connectivity index (χ0n) is 7.60. The SMILES string of the molecule is Cc1nonc1CN1CCC(O)C1. The van der Waals surface area contributed by atoms with Crippen molar-refractivity contribution in [3.05, 3.63) is 11.4 Å². The van der Waals surface area contributed by atoms with Crippen LogP contribution in [0.3, 0.4) is 0 Å². The largest absolute Gasteiger partial charge is 0.392 e. The molecule has 2 heterocycles. The molecular weight excluding hydrogens is 170 g/mol. The maximum absolute atomic E-state index is 9.30. The first-order valence-corrected chi connectivity index (χ1v) is 4.44. The monoisotopic (exact) mass is 183 g/mol. The van der Waals surface area contributed by atoms with Crippen molar-refractivity contribution in [1.29, 1.82) is 0 Å². The van der Waals surface area contributed by atoms with E-state index < -0.39 is 0 Å². The van der Waals surface area contributed by atoms with Crippen molar-refractivity contribution in [2.45, 2.75) is 26.0 Å². The number of hydrogen-bond donors (Lipinski definition) is 1. The summed E-state index contributed by atoms with van der Waals surface area (Å²) in [6.07, 6.45) is 0.671. The smallest absolute Gasteiger partial charge is 0.122 e.